The smallest absolute Gasteiger partial charge is 0.409 e. The molecule has 0 aliphatic carbocycles. The molecule has 2 aliphatic heterocycles. The highest BCUT2D eigenvalue weighted by molar-refractivity contribution is 5.97. The van der Waals surface area contributed by atoms with Gasteiger partial charge in [-0.2, -0.15) is 0 Å². The number of nitrogens with one attached hydrogen (secondary N) is 2. The molecule has 1 aromatic carbocycles. The van der Waals surface area contributed by atoms with Crippen LogP contribution in [0.15, 0.2) is 42.5 Å². The van der Waals surface area contributed by atoms with Gasteiger partial charge in [0.25, 0.3) is 5.91 Å². The van der Waals surface area contributed by atoms with E-state index in [9.17, 15) is 24.3 Å². The summed E-state index contributed by atoms with van der Waals surface area (Å²) in [4.78, 5) is 58.8. The summed E-state index contributed by atoms with van der Waals surface area (Å²) in [5.74, 6) is -1.17. The van der Waals surface area contributed by atoms with Gasteiger partial charge in [0.05, 0.1) is 18.9 Å². The lowest BCUT2D eigenvalue weighted by Gasteiger charge is -2.36. The molecule has 3 N–H and O–H groups in total. The summed E-state index contributed by atoms with van der Waals surface area (Å²) >= 11 is 0. The summed E-state index contributed by atoms with van der Waals surface area (Å²) in [6.07, 6.45) is 5.24. The van der Waals surface area contributed by atoms with Crippen molar-refractivity contribution in [3.05, 3.63) is 48.2 Å². The van der Waals surface area contributed by atoms with Gasteiger partial charge in [-0.15, -0.1) is 0 Å². The van der Waals surface area contributed by atoms with Gasteiger partial charge >= 0.3 is 12.1 Å². The topological polar surface area (TPSA) is 150 Å². The second kappa shape index (κ2) is 18.1. The second-order valence-corrected chi connectivity index (χ2v) is 11.9. The Bertz CT molecular complexity index is 1290. The molecule has 2 saturated heterocycles. The summed E-state index contributed by atoms with van der Waals surface area (Å²) in [5.41, 5.74) is 1.43. The zero-order chi connectivity index (χ0) is 32.7. The third kappa shape index (κ3) is 10.7. The molecule has 3 heterocycles. The van der Waals surface area contributed by atoms with E-state index < -0.39 is 29.9 Å². The SMILES string of the molecule is CCCCCCOC(=O)N1CCN(C(=O)[C@H](CCC(=O)O)NC(=O)c2cc(OCC3CCNCC3)cc(-c3ccccc3)n2)CC1. The molecular weight excluding hydrogens is 590 g/mol. The van der Waals surface area contributed by atoms with Crippen LogP contribution in [0.2, 0.25) is 0 Å². The molecule has 4 rings (SSSR count). The number of nitrogens with zero attached hydrogens (tertiary/aromatic N) is 3. The zero-order valence-corrected chi connectivity index (χ0v) is 26.7. The van der Waals surface area contributed by atoms with Crippen molar-refractivity contribution < 1.29 is 33.8 Å². The molecule has 12 nitrogen and oxygen atoms in total. The third-order valence-electron chi connectivity index (χ3n) is 8.37. The maximum Gasteiger partial charge on any atom is 0.409 e. The Labute approximate surface area is 270 Å². The number of carboxylic acids is 1. The van der Waals surface area contributed by atoms with Crippen LogP contribution in [0.3, 0.4) is 0 Å². The van der Waals surface area contributed by atoms with E-state index in [1.807, 2.05) is 30.3 Å². The van der Waals surface area contributed by atoms with Crippen molar-refractivity contribution in [1.29, 1.82) is 0 Å². The van der Waals surface area contributed by atoms with E-state index in [-0.39, 0.29) is 44.7 Å². The molecule has 0 saturated carbocycles. The molecule has 2 fully saturated rings. The number of aromatic nitrogens is 1. The van der Waals surface area contributed by atoms with E-state index in [0.29, 0.717) is 30.6 Å². The van der Waals surface area contributed by atoms with Crippen molar-refractivity contribution in [2.75, 3.05) is 52.5 Å². The molecule has 1 atom stereocenters. The lowest BCUT2D eigenvalue weighted by Crippen LogP contribution is -2.56. The lowest BCUT2D eigenvalue weighted by atomic mass is 9.99. The largest absolute Gasteiger partial charge is 0.493 e. The van der Waals surface area contributed by atoms with Gasteiger partial charge in [-0.25, -0.2) is 9.78 Å². The Hall–Kier alpha value is -4.19. The summed E-state index contributed by atoms with van der Waals surface area (Å²) in [6, 6.07) is 11.7. The summed E-state index contributed by atoms with van der Waals surface area (Å²) < 4.78 is 11.5. The fourth-order valence-corrected chi connectivity index (χ4v) is 5.59. The number of carbonyl (C=O) groups is 4. The molecule has 0 bridgehead atoms. The van der Waals surface area contributed by atoms with E-state index in [1.165, 1.54) is 0 Å². The molecule has 250 valence electrons. The molecule has 1 aromatic heterocycles. The third-order valence-corrected chi connectivity index (χ3v) is 8.37. The number of hydrogen-bond donors (Lipinski definition) is 3. The first-order valence-electron chi connectivity index (χ1n) is 16.5. The van der Waals surface area contributed by atoms with Crippen molar-refractivity contribution in [1.82, 2.24) is 25.4 Å². The number of aliphatic carboxylic acids is 1. The monoisotopic (exact) mass is 637 g/mol. The second-order valence-electron chi connectivity index (χ2n) is 11.9. The normalized spacial score (nSPS) is 16.0. The zero-order valence-electron chi connectivity index (χ0n) is 26.7. The Kier molecular flexibility index (Phi) is 13.6. The van der Waals surface area contributed by atoms with Crippen LogP contribution >= 0.6 is 0 Å². The first-order valence-corrected chi connectivity index (χ1v) is 16.5. The Balaban J connectivity index is 1.42. The number of rotatable bonds is 15. The van der Waals surface area contributed by atoms with Crippen molar-refractivity contribution in [3.63, 3.8) is 0 Å². The van der Waals surface area contributed by atoms with Crippen LogP contribution in [-0.4, -0.2) is 102 Å². The van der Waals surface area contributed by atoms with Gasteiger partial charge in [-0.1, -0.05) is 56.5 Å². The Morgan fingerprint density at radius 2 is 1.72 bits per heavy atom. The van der Waals surface area contributed by atoms with Gasteiger partial charge < -0.3 is 35.0 Å². The quantitative estimate of drug-likeness (QED) is 0.247. The van der Waals surface area contributed by atoms with Crippen molar-refractivity contribution in [3.8, 4) is 17.0 Å². The predicted molar refractivity (Wildman–Crippen MR) is 173 cm³/mol. The van der Waals surface area contributed by atoms with Crippen molar-refractivity contribution in [2.24, 2.45) is 5.92 Å². The van der Waals surface area contributed by atoms with Gasteiger partial charge in [-0.05, 0) is 44.7 Å². The minimum atomic E-state index is -1.08. The fraction of sp³-hybridized carbons (Fsp3) is 0.559. The lowest BCUT2D eigenvalue weighted by molar-refractivity contribution is -0.138. The van der Waals surface area contributed by atoms with Crippen LogP contribution in [0, 0.1) is 5.92 Å². The molecule has 12 heteroatoms. The standard InChI is InChI=1S/C34H47N5O7/c1-2-3-4-8-21-45-34(44)39-19-17-38(18-20-39)33(43)28(11-12-31(40)41)37-32(42)30-23-27(46-24-25-13-15-35-16-14-25)22-29(36-30)26-9-6-5-7-10-26/h5-7,9-10,22-23,25,28,35H,2-4,8,11-21,24H2,1H3,(H,37,42)(H,40,41)/t28-/m0/s1. The molecule has 0 spiro atoms. The van der Waals surface area contributed by atoms with E-state index >= 15 is 0 Å². The number of unbranched alkanes of at least 4 members (excludes halogenated alkanes) is 3. The van der Waals surface area contributed by atoms with Crippen LogP contribution in [0.5, 0.6) is 5.75 Å². The minimum absolute atomic E-state index is 0.0706. The summed E-state index contributed by atoms with van der Waals surface area (Å²) in [6.45, 7) is 5.96. The number of ether oxygens (including phenoxy) is 2. The summed E-state index contributed by atoms with van der Waals surface area (Å²) in [7, 11) is 0. The van der Waals surface area contributed by atoms with Crippen LogP contribution in [-0.2, 0) is 14.3 Å². The number of piperazine rings is 1. The van der Waals surface area contributed by atoms with Crippen LogP contribution < -0.4 is 15.4 Å². The van der Waals surface area contributed by atoms with Gasteiger partial charge in [0.2, 0.25) is 5.91 Å². The van der Waals surface area contributed by atoms with Crippen LogP contribution in [0.1, 0.15) is 68.8 Å². The van der Waals surface area contributed by atoms with Crippen molar-refractivity contribution in [2.45, 2.75) is 64.3 Å². The average molecular weight is 638 g/mol. The molecule has 2 aromatic rings. The van der Waals surface area contributed by atoms with E-state index in [2.05, 4.69) is 22.5 Å². The molecule has 3 amide bonds. The highest BCUT2D eigenvalue weighted by Crippen LogP contribution is 2.25. The number of pyridine rings is 1. The maximum absolute atomic E-state index is 13.6. The number of carbonyl (C=O) groups excluding carboxylic acids is 3. The fourth-order valence-electron chi connectivity index (χ4n) is 5.59. The average Bonchev–Trinajstić information content (AvgIpc) is 3.09. The highest BCUT2D eigenvalue weighted by Gasteiger charge is 2.31. The number of benzene rings is 1. The van der Waals surface area contributed by atoms with Gasteiger partial charge in [0.15, 0.2) is 0 Å². The van der Waals surface area contributed by atoms with Crippen LogP contribution in [0.25, 0.3) is 11.3 Å². The predicted octanol–water partition coefficient (Wildman–Crippen LogP) is 3.95. The van der Waals surface area contributed by atoms with E-state index in [0.717, 1.165) is 57.2 Å². The van der Waals surface area contributed by atoms with Crippen molar-refractivity contribution >= 4 is 23.9 Å². The first kappa shape index (κ1) is 34.7. The Morgan fingerprint density at radius 3 is 2.41 bits per heavy atom. The first-order chi connectivity index (χ1) is 22.3. The van der Waals surface area contributed by atoms with Gasteiger partial charge in [0, 0.05) is 50.3 Å². The van der Waals surface area contributed by atoms with Gasteiger partial charge in [0.1, 0.15) is 17.5 Å². The number of amides is 3. The number of hydrogen-bond acceptors (Lipinski definition) is 8. The molecular formula is C34H47N5O7. The highest BCUT2D eigenvalue weighted by atomic mass is 16.6. The maximum atomic E-state index is 13.6. The van der Waals surface area contributed by atoms with Crippen LogP contribution in [0.4, 0.5) is 4.79 Å². The molecule has 0 unspecified atom stereocenters. The van der Waals surface area contributed by atoms with E-state index in [1.54, 1.807) is 21.9 Å². The minimum Gasteiger partial charge on any atom is -0.493 e. The Morgan fingerprint density at radius 1 is 1.00 bits per heavy atom. The molecule has 46 heavy (non-hydrogen) atoms. The molecule has 2 aliphatic rings. The van der Waals surface area contributed by atoms with Gasteiger partial charge in [-0.3, -0.25) is 14.4 Å². The molecule has 0 radical (unpaired) electrons. The van der Waals surface area contributed by atoms with E-state index in [4.69, 9.17) is 9.47 Å². The number of carboxylic acid groups (broad SMARTS) is 1. The summed E-state index contributed by atoms with van der Waals surface area (Å²) in [5, 5.41) is 15.5. The number of piperidine rings is 1.